The molecule has 0 atom stereocenters. The average molecular weight is 327 g/mol. The minimum atomic E-state index is -0.138. The van der Waals surface area contributed by atoms with E-state index in [1.807, 2.05) is 30.5 Å². The first-order valence-electron chi connectivity index (χ1n) is 7.66. The summed E-state index contributed by atoms with van der Waals surface area (Å²) in [5.41, 5.74) is 2.13. The zero-order chi connectivity index (χ0) is 16.0. The number of furan rings is 1. The van der Waals surface area contributed by atoms with Gasteiger partial charge in [0.2, 0.25) is 0 Å². The molecule has 0 unspecified atom stereocenters. The Kier molecular flexibility index (Phi) is 3.45. The van der Waals surface area contributed by atoms with Gasteiger partial charge < -0.3 is 13.7 Å². The van der Waals surface area contributed by atoms with E-state index < -0.39 is 0 Å². The summed E-state index contributed by atoms with van der Waals surface area (Å²) < 4.78 is 12.8. The molecule has 2 aromatic heterocycles. The Morgan fingerprint density at radius 3 is 2.96 bits per heavy atom. The lowest BCUT2D eigenvalue weighted by Crippen LogP contribution is -2.15. The quantitative estimate of drug-likeness (QED) is 0.740. The molecule has 118 valence electrons. The number of hydrogen-bond acceptors (Lipinski definition) is 4. The first kappa shape index (κ1) is 14.5. The van der Waals surface area contributed by atoms with Crippen molar-refractivity contribution < 1.29 is 9.15 Å². The van der Waals surface area contributed by atoms with Crippen molar-refractivity contribution in [1.29, 1.82) is 0 Å². The second kappa shape index (κ2) is 5.49. The van der Waals surface area contributed by atoms with Crippen LogP contribution in [0.2, 0.25) is 0 Å². The monoisotopic (exact) mass is 327 g/mol. The minimum Gasteiger partial charge on any atom is -0.493 e. The lowest BCUT2D eigenvalue weighted by Gasteiger charge is -2.11. The summed E-state index contributed by atoms with van der Waals surface area (Å²) in [5.74, 6) is 1.50. The molecule has 0 bridgehead atoms. The van der Waals surface area contributed by atoms with Gasteiger partial charge in [0.1, 0.15) is 5.75 Å². The molecule has 1 aliphatic rings. The molecule has 0 spiro atoms. The van der Waals surface area contributed by atoms with E-state index in [2.05, 4.69) is 12.6 Å². The molecule has 1 saturated carbocycles. The van der Waals surface area contributed by atoms with Crippen molar-refractivity contribution in [3.63, 3.8) is 0 Å². The first-order valence-corrected chi connectivity index (χ1v) is 8.10. The number of nitrogens with zero attached hydrogens (tertiary/aromatic N) is 1. The Morgan fingerprint density at radius 2 is 2.17 bits per heavy atom. The topological polar surface area (TPSA) is 44.4 Å². The van der Waals surface area contributed by atoms with Crippen LogP contribution in [0.15, 0.2) is 50.8 Å². The number of hydrogen-bond donors (Lipinski definition) is 1. The van der Waals surface area contributed by atoms with E-state index in [0.29, 0.717) is 11.5 Å². The molecule has 4 nitrogen and oxygen atoms in total. The predicted molar refractivity (Wildman–Crippen MR) is 92.4 cm³/mol. The number of pyridine rings is 1. The highest BCUT2D eigenvalue weighted by atomic mass is 32.1. The molecule has 23 heavy (non-hydrogen) atoms. The number of aromatic nitrogens is 1. The van der Waals surface area contributed by atoms with Crippen molar-refractivity contribution in [2.75, 3.05) is 6.61 Å². The Bertz CT molecular complexity index is 937. The molecule has 3 aromatic rings. The summed E-state index contributed by atoms with van der Waals surface area (Å²) in [6.07, 6.45) is 5.88. The largest absolute Gasteiger partial charge is 0.493 e. The molecule has 4 rings (SSSR count). The number of fused-ring (bicyclic) bond motifs is 1. The fourth-order valence-corrected chi connectivity index (χ4v) is 2.99. The Morgan fingerprint density at radius 1 is 1.35 bits per heavy atom. The molecule has 0 amide bonds. The van der Waals surface area contributed by atoms with Gasteiger partial charge in [0.05, 0.1) is 12.9 Å². The second-order valence-electron chi connectivity index (χ2n) is 6.09. The van der Waals surface area contributed by atoms with Crippen LogP contribution in [0.5, 0.6) is 5.75 Å². The predicted octanol–water partition coefficient (Wildman–Crippen LogP) is 3.88. The van der Waals surface area contributed by atoms with E-state index >= 15 is 0 Å². The van der Waals surface area contributed by atoms with Gasteiger partial charge in [-0.25, -0.2) is 0 Å². The van der Waals surface area contributed by atoms with Crippen molar-refractivity contribution in [3.05, 3.63) is 47.1 Å². The van der Waals surface area contributed by atoms with E-state index in [4.69, 9.17) is 9.15 Å². The van der Waals surface area contributed by atoms with Gasteiger partial charge in [-0.3, -0.25) is 4.79 Å². The Balaban J connectivity index is 1.82. The Hall–Kier alpha value is -2.14. The van der Waals surface area contributed by atoms with Crippen molar-refractivity contribution in [2.24, 2.45) is 13.0 Å². The first-order chi connectivity index (χ1) is 11.1. The fraction of sp³-hybridized carbons (Fsp3) is 0.278. The normalized spacial score (nSPS) is 14.3. The van der Waals surface area contributed by atoms with Gasteiger partial charge in [0.15, 0.2) is 5.58 Å². The molecule has 1 aromatic carbocycles. The molecule has 0 aliphatic heterocycles. The zero-order valence-corrected chi connectivity index (χ0v) is 13.7. The van der Waals surface area contributed by atoms with Gasteiger partial charge in [0.25, 0.3) is 5.56 Å². The van der Waals surface area contributed by atoms with Crippen molar-refractivity contribution in [1.82, 2.24) is 4.57 Å². The maximum absolute atomic E-state index is 12.1. The summed E-state index contributed by atoms with van der Waals surface area (Å²) in [6, 6.07) is 7.71. The number of thiol groups is 1. The number of ether oxygens (including phenoxy) is 1. The van der Waals surface area contributed by atoms with Crippen molar-refractivity contribution >= 4 is 23.6 Å². The molecular weight excluding hydrogens is 310 g/mol. The fourth-order valence-electron chi connectivity index (χ4n) is 2.72. The van der Waals surface area contributed by atoms with Crippen LogP contribution in [0, 0.1) is 5.92 Å². The Labute approximate surface area is 139 Å². The lowest BCUT2D eigenvalue weighted by molar-refractivity contribution is 0.299. The molecule has 1 aliphatic carbocycles. The van der Waals surface area contributed by atoms with Crippen LogP contribution < -0.4 is 10.3 Å². The van der Waals surface area contributed by atoms with Gasteiger partial charge in [0, 0.05) is 29.1 Å². The maximum Gasteiger partial charge on any atom is 0.293 e. The van der Waals surface area contributed by atoms with E-state index in [-0.39, 0.29) is 5.56 Å². The van der Waals surface area contributed by atoms with Crippen LogP contribution >= 0.6 is 12.6 Å². The third-order valence-corrected chi connectivity index (χ3v) is 4.44. The summed E-state index contributed by atoms with van der Waals surface area (Å²) in [4.78, 5) is 13.0. The number of benzene rings is 1. The van der Waals surface area contributed by atoms with Gasteiger partial charge in [-0.05, 0) is 48.6 Å². The van der Waals surface area contributed by atoms with Crippen LogP contribution in [0.3, 0.4) is 0 Å². The second-order valence-corrected chi connectivity index (χ2v) is 6.61. The highest BCUT2D eigenvalue weighted by molar-refractivity contribution is 7.80. The lowest BCUT2D eigenvalue weighted by atomic mass is 10.0. The molecular formula is C18H17NO3S. The highest BCUT2D eigenvalue weighted by Gasteiger charge is 2.22. The summed E-state index contributed by atoms with van der Waals surface area (Å²) in [7, 11) is 1.73. The summed E-state index contributed by atoms with van der Waals surface area (Å²) in [6.45, 7) is 0.755. The number of aryl methyl sites for hydroxylation is 1. The maximum atomic E-state index is 12.1. The molecule has 0 N–H and O–H groups in total. The van der Waals surface area contributed by atoms with Crippen LogP contribution in [0.25, 0.3) is 22.1 Å². The minimum absolute atomic E-state index is 0.138. The van der Waals surface area contributed by atoms with Gasteiger partial charge in [-0.1, -0.05) is 0 Å². The van der Waals surface area contributed by atoms with Gasteiger partial charge in [-0.2, -0.15) is 0 Å². The average Bonchev–Trinajstić information content (AvgIpc) is 3.23. The van der Waals surface area contributed by atoms with Crippen LogP contribution in [0.1, 0.15) is 12.8 Å². The molecule has 1 fully saturated rings. The van der Waals surface area contributed by atoms with Crippen LogP contribution in [-0.2, 0) is 7.05 Å². The van der Waals surface area contributed by atoms with E-state index in [1.165, 1.54) is 17.4 Å². The van der Waals surface area contributed by atoms with E-state index in [0.717, 1.165) is 33.8 Å². The van der Waals surface area contributed by atoms with E-state index in [1.54, 1.807) is 13.3 Å². The standard InChI is InChI=1S/C18H17NO3S/c1-19-9-16(15-4-5-21-17(15)18(19)20)12-6-13(8-14(23)7-12)22-10-11-2-3-11/h4-9,11,23H,2-3,10H2,1H3. The summed E-state index contributed by atoms with van der Waals surface area (Å²) >= 11 is 4.49. The molecule has 0 saturated heterocycles. The van der Waals surface area contributed by atoms with Crippen LogP contribution in [0.4, 0.5) is 0 Å². The van der Waals surface area contributed by atoms with Crippen molar-refractivity contribution in [2.45, 2.75) is 17.7 Å². The highest BCUT2D eigenvalue weighted by Crippen LogP contribution is 2.34. The third-order valence-electron chi connectivity index (χ3n) is 4.18. The number of rotatable bonds is 4. The summed E-state index contributed by atoms with van der Waals surface area (Å²) in [5, 5.41) is 0.806. The molecule has 0 radical (unpaired) electrons. The zero-order valence-electron chi connectivity index (χ0n) is 12.8. The molecule has 5 heteroatoms. The smallest absolute Gasteiger partial charge is 0.293 e. The van der Waals surface area contributed by atoms with Gasteiger partial charge in [-0.15, -0.1) is 12.6 Å². The van der Waals surface area contributed by atoms with Crippen molar-refractivity contribution in [3.8, 4) is 16.9 Å². The van der Waals surface area contributed by atoms with Crippen LogP contribution in [-0.4, -0.2) is 11.2 Å². The van der Waals surface area contributed by atoms with Gasteiger partial charge >= 0.3 is 0 Å². The van der Waals surface area contributed by atoms with E-state index in [9.17, 15) is 4.79 Å². The molecule has 2 heterocycles. The SMILES string of the molecule is Cn1cc(-c2cc(S)cc(OCC3CC3)c2)c2ccoc2c1=O. The third kappa shape index (κ3) is 2.77.